The highest BCUT2D eigenvalue weighted by atomic mass is 19.1. The van der Waals surface area contributed by atoms with Gasteiger partial charge in [-0.1, -0.05) is 18.2 Å². The molecule has 0 spiro atoms. The molecule has 0 atom stereocenters. The van der Waals surface area contributed by atoms with Gasteiger partial charge in [0.15, 0.2) is 5.82 Å². The van der Waals surface area contributed by atoms with Crippen molar-refractivity contribution < 1.29 is 9.18 Å². The quantitative estimate of drug-likeness (QED) is 0.671. The van der Waals surface area contributed by atoms with E-state index in [0.717, 1.165) is 11.0 Å². The minimum atomic E-state index is -0.362. The number of anilines is 2. The van der Waals surface area contributed by atoms with Gasteiger partial charge < -0.3 is 20.1 Å². The van der Waals surface area contributed by atoms with Crippen molar-refractivity contribution in [2.24, 2.45) is 0 Å². The van der Waals surface area contributed by atoms with Gasteiger partial charge in [-0.05, 0) is 56.5 Å². The van der Waals surface area contributed by atoms with Crippen molar-refractivity contribution in [3.8, 4) is 0 Å². The maximum absolute atomic E-state index is 13.7. The number of aromatic nitrogens is 2. The molecule has 1 fully saturated rings. The van der Waals surface area contributed by atoms with Crippen molar-refractivity contribution >= 4 is 28.6 Å². The smallest absolute Gasteiger partial charge is 0.319 e. The van der Waals surface area contributed by atoms with Crippen molar-refractivity contribution in [1.82, 2.24) is 14.9 Å². The molecular weight excluding hydrogens is 397 g/mol. The molecule has 2 heterocycles. The first-order valence-electron chi connectivity index (χ1n) is 10.5. The van der Waals surface area contributed by atoms with Gasteiger partial charge in [-0.25, -0.2) is 14.2 Å². The van der Waals surface area contributed by atoms with Gasteiger partial charge in [0.05, 0.1) is 11.0 Å². The van der Waals surface area contributed by atoms with Gasteiger partial charge in [0.25, 0.3) is 5.56 Å². The van der Waals surface area contributed by atoms with Crippen LogP contribution in [0.4, 0.5) is 20.7 Å². The molecule has 1 aromatic heterocycles. The third-order valence-corrected chi connectivity index (χ3v) is 5.71. The summed E-state index contributed by atoms with van der Waals surface area (Å²) in [6.07, 6.45) is 1.38. The molecule has 8 heteroatoms. The van der Waals surface area contributed by atoms with Gasteiger partial charge in [-0.3, -0.25) is 4.79 Å². The molecule has 162 valence electrons. The fraction of sp³-hybridized carbons (Fsp3) is 0.348. The van der Waals surface area contributed by atoms with E-state index in [0.29, 0.717) is 49.5 Å². The molecule has 2 aromatic carbocycles. The van der Waals surface area contributed by atoms with Crippen LogP contribution in [0.25, 0.3) is 11.0 Å². The lowest BCUT2D eigenvalue weighted by molar-refractivity contribution is 0.246. The molecular formula is C23H26FN5O2. The molecule has 2 amide bonds. The minimum Gasteiger partial charge on any atom is -0.352 e. The van der Waals surface area contributed by atoms with Crippen LogP contribution < -0.4 is 21.1 Å². The molecule has 0 bridgehead atoms. The first-order chi connectivity index (χ1) is 15.0. The number of para-hydroxylation sites is 2. The number of amides is 2. The summed E-state index contributed by atoms with van der Waals surface area (Å²) < 4.78 is 15.4. The van der Waals surface area contributed by atoms with Crippen molar-refractivity contribution in [2.45, 2.75) is 39.3 Å². The molecule has 1 aliphatic rings. The van der Waals surface area contributed by atoms with Gasteiger partial charge in [-0.2, -0.15) is 0 Å². The van der Waals surface area contributed by atoms with Crippen LogP contribution >= 0.6 is 0 Å². The Hall–Kier alpha value is -3.42. The fourth-order valence-corrected chi connectivity index (χ4v) is 3.96. The van der Waals surface area contributed by atoms with E-state index in [1.165, 1.54) is 6.07 Å². The van der Waals surface area contributed by atoms with E-state index >= 15 is 0 Å². The number of piperidine rings is 1. The highest BCUT2D eigenvalue weighted by molar-refractivity contribution is 5.89. The normalized spacial score (nSPS) is 14.6. The molecule has 0 radical (unpaired) electrons. The largest absolute Gasteiger partial charge is 0.352 e. The number of carbonyl (C=O) groups excluding carboxylic acids is 1. The molecule has 4 rings (SSSR count). The van der Waals surface area contributed by atoms with Crippen LogP contribution in [0.5, 0.6) is 0 Å². The van der Waals surface area contributed by atoms with Gasteiger partial charge in [0.2, 0.25) is 0 Å². The van der Waals surface area contributed by atoms with Gasteiger partial charge in [-0.15, -0.1) is 0 Å². The number of halogens is 1. The summed E-state index contributed by atoms with van der Waals surface area (Å²) in [5.74, 6) is 0.102. The summed E-state index contributed by atoms with van der Waals surface area (Å²) in [7, 11) is 0. The molecule has 1 saturated heterocycles. The number of benzene rings is 2. The highest BCUT2D eigenvalue weighted by Gasteiger charge is 2.24. The topological polar surface area (TPSA) is 79.3 Å². The lowest BCUT2D eigenvalue weighted by atomic mass is 10.1. The Morgan fingerprint density at radius 3 is 2.65 bits per heavy atom. The van der Waals surface area contributed by atoms with Crippen LogP contribution in [0.2, 0.25) is 0 Å². The number of rotatable bonds is 4. The van der Waals surface area contributed by atoms with E-state index in [1.54, 1.807) is 23.6 Å². The zero-order valence-electron chi connectivity index (χ0n) is 17.7. The molecule has 0 aliphatic carbocycles. The van der Waals surface area contributed by atoms with Crippen LogP contribution in [-0.2, 0) is 6.54 Å². The van der Waals surface area contributed by atoms with Crippen molar-refractivity contribution in [2.75, 3.05) is 23.3 Å². The summed E-state index contributed by atoms with van der Waals surface area (Å²) in [5.41, 5.74) is 2.48. The number of fused-ring (bicyclic) bond motifs is 1. The van der Waals surface area contributed by atoms with Crippen LogP contribution in [0.15, 0.2) is 47.3 Å². The molecule has 3 aromatic rings. The second-order valence-electron chi connectivity index (χ2n) is 7.80. The summed E-state index contributed by atoms with van der Waals surface area (Å²) in [6, 6.07) is 11.9. The number of carbonyl (C=O) groups is 1. The highest BCUT2D eigenvalue weighted by Crippen LogP contribution is 2.19. The van der Waals surface area contributed by atoms with E-state index in [4.69, 9.17) is 0 Å². The zero-order chi connectivity index (χ0) is 22.0. The number of hydrogen-bond donors (Lipinski definition) is 2. The molecule has 0 unspecified atom stereocenters. The summed E-state index contributed by atoms with van der Waals surface area (Å²) in [5, 5.41) is 5.61. The van der Waals surface area contributed by atoms with Gasteiger partial charge in [0.1, 0.15) is 5.82 Å². The maximum atomic E-state index is 13.7. The fourth-order valence-electron chi connectivity index (χ4n) is 3.96. The standard InChI is InChI=1S/C23H26FN5O2/c1-3-29-20-7-5-4-6-19(20)27-21(22(29)30)28-12-10-16(11-13-28)25-23(31)26-17-9-8-15(2)18(24)14-17/h4-9,14,16H,3,10-13H2,1-2H3,(H2,25,26,31). The average Bonchev–Trinajstić information content (AvgIpc) is 2.76. The Bertz CT molecular complexity index is 1170. The predicted molar refractivity (Wildman–Crippen MR) is 120 cm³/mol. The van der Waals surface area contributed by atoms with E-state index < -0.39 is 0 Å². The predicted octanol–water partition coefficient (Wildman–Crippen LogP) is 3.65. The number of nitrogens with one attached hydrogen (secondary N) is 2. The van der Waals surface area contributed by atoms with E-state index in [2.05, 4.69) is 15.6 Å². The SMILES string of the molecule is CCn1c(=O)c(N2CCC(NC(=O)Nc3ccc(C)c(F)c3)CC2)nc2ccccc21. The van der Waals surface area contributed by atoms with E-state index in [9.17, 15) is 14.0 Å². The van der Waals surface area contributed by atoms with Crippen LogP contribution in [0.1, 0.15) is 25.3 Å². The summed E-state index contributed by atoms with van der Waals surface area (Å²) in [6.45, 7) is 5.44. The summed E-state index contributed by atoms with van der Waals surface area (Å²) >= 11 is 0. The molecule has 7 nitrogen and oxygen atoms in total. The Labute approximate surface area is 179 Å². The molecule has 2 N–H and O–H groups in total. The second kappa shape index (κ2) is 8.75. The second-order valence-corrected chi connectivity index (χ2v) is 7.80. The summed E-state index contributed by atoms with van der Waals surface area (Å²) in [4.78, 5) is 31.9. The third-order valence-electron chi connectivity index (χ3n) is 5.71. The van der Waals surface area contributed by atoms with Gasteiger partial charge >= 0.3 is 6.03 Å². The van der Waals surface area contributed by atoms with Crippen LogP contribution in [-0.4, -0.2) is 34.7 Å². The number of urea groups is 1. The average molecular weight is 423 g/mol. The monoisotopic (exact) mass is 423 g/mol. The minimum absolute atomic E-state index is 0.0274. The van der Waals surface area contributed by atoms with E-state index in [1.807, 2.05) is 36.1 Å². The Morgan fingerprint density at radius 1 is 1.19 bits per heavy atom. The first-order valence-corrected chi connectivity index (χ1v) is 10.5. The lowest BCUT2D eigenvalue weighted by Crippen LogP contribution is -2.47. The van der Waals surface area contributed by atoms with Crippen LogP contribution in [0.3, 0.4) is 0 Å². The van der Waals surface area contributed by atoms with Crippen molar-refractivity contribution in [1.29, 1.82) is 0 Å². The Kier molecular flexibility index (Phi) is 5.88. The number of aryl methyl sites for hydroxylation is 2. The molecule has 31 heavy (non-hydrogen) atoms. The van der Waals surface area contributed by atoms with Crippen LogP contribution in [0, 0.1) is 12.7 Å². The Morgan fingerprint density at radius 2 is 1.94 bits per heavy atom. The molecule has 0 saturated carbocycles. The lowest BCUT2D eigenvalue weighted by Gasteiger charge is -2.33. The first kappa shape index (κ1) is 20.8. The van der Waals surface area contributed by atoms with Gasteiger partial charge in [0, 0.05) is 31.4 Å². The molecule has 1 aliphatic heterocycles. The number of nitrogens with zero attached hydrogens (tertiary/aromatic N) is 3. The van der Waals surface area contributed by atoms with Crippen molar-refractivity contribution in [3.05, 3.63) is 64.2 Å². The third kappa shape index (κ3) is 4.38. The van der Waals surface area contributed by atoms with E-state index in [-0.39, 0.29) is 23.4 Å². The maximum Gasteiger partial charge on any atom is 0.319 e. The Balaban J connectivity index is 1.41. The zero-order valence-corrected chi connectivity index (χ0v) is 17.7. The van der Waals surface area contributed by atoms with Crippen molar-refractivity contribution in [3.63, 3.8) is 0 Å². The number of hydrogen-bond acceptors (Lipinski definition) is 4.